The number of halogens is 2. The van der Waals surface area contributed by atoms with Crippen molar-refractivity contribution in [1.29, 1.82) is 0 Å². The molecule has 0 bridgehead atoms. The van der Waals surface area contributed by atoms with E-state index in [9.17, 15) is 0 Å². The summed E-state index contributed by atoms with van der Waals surface area (Å²) in [7, 11) is 1.97. The molecule has 1 aromatic carbocycles. The quantitative estimate of drug-likeness (QED) is 0.395. The van der Waals surface area contributed by atoms with E-state index in [0.29, 0.717) is 16.0 Å². The number of hydrogen-bond acceptors (Lipinski definition) is 6. The number of pyridine rings is 1. The van der Waals surface area contributed by atoms with Gasteiger partial charge >= 0.3 is 0 Å². The predicted octanol–water partition coefficient (Wildman–Crippen LogP) is 5.82. The van der Waals surface area contributed by atoms with Crippen LogP contribution < -0.4 is 14.9 Å². The fraction of sp³-hybridized carbons (Fsp3) is 0.417. The maximum atomic E-state index is 6.71. The SMILES string of the molecule is Cc1c(NSc2c(Cl)cc(-c3ccnc(N4CCNCC4)c3)cc2Cl)c(CC(C)C)nn1C. The van der Waals surface area contributed by atoms with Crippen LogP contribution in [0.25, 0.3) is 11.1 Å². The maximum Gasteiger partial charge on any atom is 0.129 e. The molecule has 1 fully saturated rings. The Bertz CT molecular complexity index is 1100. The van der Waals surface area contributed by atoms with E-state index in [1.807, 2.05) is 36.1 Å². The lowest BCUT2D eigenvalue weighted by molar-refractivity contribution is 0.585. The first-order valence-corrected chi connectivity index (χ1v) is 12.8. The van der Waals surface area contributed by atoms with E-state index < -0.39 is 0 Å². The third-order valence-corrected chi connectivity index (χ3v) is 7.55. The summed E-state index contributed by atoms with van der Waals surface area (Å²) in [6.45, 7) is 10.3. The first-order valence-electron chi connectivity index (χ1n) is 11.2. The van der Waals surface area contributed by atoms with Gasteiger partial charge in [-0.3, -0.25) is 4.68 Å². The second kappa shape index (κ2) is 10.6. The Morgan fingerprint density at radius 1 is 1.12 bits per heavy atom. The van der Waals surface area contributed by atoms with Crippen molar-refractivity contribution in [2.24, 2.45) is 13.0 Å². The van der Waals surface area contributed by atoms with E-state index in [0.717, 1.165) is 71.5 Å². The molecule has 0 radical (unpaired) electrons. The van der Waals surface area contributed by atoms with Crippen LogP contribution in [0.4, 0.5) is 11.5 Å². The fourth-order valence-electron chi connectivity index (χ4n) is 3.93. The highest BCUT2D eigenvalue weighted by Crippen LogP contribution is 2.39. The van der Waals surface area contributed by atoms with Gasteiger partial charge in [-0.15, -0.1) is 0 Å². The van der Waals surface area contributed by atoms with Crippen LogP contribution in [0.2, 0.25) is 10.0 Å². The molecular weight excluding hydrogens is 475 g/mol. The van der Waals surface area contributed by atoms with E-state index in [1.54, 1.807) is 0 Å². The van der Waals surface area contributed by atoms with Gasteiger partial charge in [0.05, 0.1) is 32.0 Å². The molecule has 33 heavy (non-hydrogen) atoms. The zero-order valence-corrected chi connectivity index (χ0v) is 21.8. The summed E-state index contributed by atoms with van der Waals surface area (Å²) >= 11 is 14.8. The van der Waals surface area contributed by atoms with Gasteiger partial charge in [-0.25, -0.2) is 4.98 Å². The predicted molar refractivity (Wildman–Crippen MR) is 141 cm³/mol. The Labute approximate surface area is 210 Å². The molecule has 0 unspecified atom stereocenters. The third kappa shape index (κ3) is 5.60. The number of piperazine rings is 1. The Morgan fingerprint density at radius 3 is 2.48 bits per heavy atom. The molecule has 6 nitrogen and oxygen atoms in total. The number of hydrogen-bond donors (Lipinski definition) is 2. The summed E-state index contributed by atoms with van der Waals surface area (Å²) in [6.07, 6.45) is 2.75. The first kappa shape index (κ1) is 24.2. The third-order valence-electron chi connectivity index (χ3n) is 5.78. The van der Waals surface area contributed by atoms with Crippen LogP contribution in [0.15, 0.2) is 35.4 Å². The minimum Gasteiger partial charge on any atom is -0.354 e. The van der Waals surface area contributed by atoms with E-state index in [1.165, 1.54) is 11.9 Å². The Kier molecular flexibility index (Phi) is 7.74. The van der Waals surface area contributed by atoms with Gasteiger partial charge in [-0.05, 0) is 66.6 Å². The molecule has 1 aliphatic rings. The lowest BCUT2D eigenvalue weighted by atomic mass is 10.1. The minimum absolute atomic E-state index is 0.516. The van der Waals surface area contributed by atoms with Crippen molar-refractivity contribution in [3.05, 3.63) is 51.9 Å². The van der Waals surface area contributed by atoms with Crippen molar-refractivity contribution in [2.75, 3.05) is 35.8 Å². The average Bonchev–Trinajstić information content (AvgIpc) is 3.05. The summed E-state index contributed by atoms with van der Waals surface area (Å²) in [5.74, 6) is 1.49. The molecule has 176 valence electrons. The molecule has 3 heterocycles. The average molecular weight is 506 g/mol. The van der Waals surface area contributed by atoms with E-state index in [4.69, 9.17) is 23.2 Å². The summed E-state index contributed by atoms with van der Waals surface area (Å²) in [5, 5.41) is 9.27. The summed E-state index contributed by atoms with van der Waals surface area (Å²) in [6, 6.07) is 8.05. The van der Waals surface area contributed by atoms with Crippen molar-refractivity contribution in [3.8, 4) is 11.1 Å². The topological polar surface area (TPSA) is 58.0 Å². The normalized spacial score (nSPS) is 14.2. The highest BCUT2D eigenvalue weighted by atomic mass is 35.5. The number of benzene rings is 1. The number of nitrogens with zero attached hydrogens (tertiary/aromatic N) is 4. The lowest BCUT2D eigenvalue weighted by Gasteiger charge is -2.28. The highest BCUT2D eigenvalue weighted by Gasteiger charge is 2.18. The number of rotatable bonds is 7. The summed E-state index contributed by atoms with van der Waals surface area (Å²) in [4.78, 5) is 7.66. The molecule has 9 heteroatoms. The van der Waals surface area contributed by atoms with Crippen molar-refractivity contribution >= 4 is 46.7 Å². The molecule has 0 amide bonds. The number of anilines is 2. The molecular formula is C24H30Cl2N6S. The van der Waals surface area contributed by atoms with Crippen LogP contribution in [0.5, 0.6) is 0 Å². The summed E-state index contributed by atoms with van der Waals surface area (Å²) in [5.41, 5.74) is 5.19. The Hall–Kier alpha value is -1.93. The van der Waals surface area contributed by atoms with Gasteiger partial charge in [0.25, 0.3) is 0 Å². The van der Waals surface area contributed by atoms with Gasteiger partial charge < -0.3 is 14.9 Å². The molecule has 1 saturated heterocycles. The molecule has 1 aliphatic heterocycles. The molecule has 3 aromatic rings. The number of nitrogens with one attached hydrogen (secondary N) is 2. The molecule has 0 spiro atoms. The van der Waals surface area contributed by atoms with Crippen molar-refractivity contribution in [1.82, 2.24) is 20.1 Å². The molecule has 0 atom stereocenters. The van der Waals surface area contributed by atoms with Crippen molar-refractivity contribution < 1.29 is 0 Å². The molecule has 4 rings (SSSR count). The maximum absolute atomic E-state index is 6.71. The van der Waals surface area contributed by atoms with Gasteiger partial charge in [0, 0.05) is 39.4 Å². The van der Waals surface area contributed by atoms with Crippen LogP contribution in [-0.2, 0) is 13.5 Å². The lowest BCUT2D eigenvalue weighted by Crippen LogP contribution is -2.43. The van der Waals surface area contributed by atoms with Crippen LogP contribution >= 0.6 is 35.1 Å². The van der Waals surface area contributed by atoms with Crippen LogP contribution in [0, 0.1) is 12.8 Å². The molecule has 2 N–H and O–H groups in total. The highest BCUT2D eigenvalue weighted by molar-refractivity contribution is 8.00. The molecule has 2 aromatic heterocycles. The van der Waals surface area contributed by atoms with Crippen LogP contribution in [0.1, 0.15) is 25.2 Å². The standard InChI is InChI=1S/C24H30Cl2N6S/c1-15(2)11-21-23(16(3)31(4)29-21)30-33-24-19(25)12-18(13-20(24)26)17-5-6-28-22(14-17)32-9-7-27-8-10-32/h5-6,12-15,27,30H,7-11H2,1-4H3. The van der Waals surface area contributed by atoms with Crippen molar-refractivity contribution in [3.63, 3.8) is 0 Å². The van der Waals surface area contributed by atoms with E-state index >= 15 is 0 Å². The number of aromatic nitrogens is 3. The molecule has 0 aliphatic carbocycles. The fourth-order valence-corrected chi connectivity index (χ4v) is 5.43. The Balaban J connectivity index is 1.55. The monoisotopic (exact) mass is 504 g/mol. The second-order valence-electron chi connectivity index (χ2n) is 8.74. The van der Waals surface area contributed by atoms with Gasteiger partial charge in [0.15, 0.2) is 0 Å². The first-order chi connectivity index (χ1) is 15.8. The minimum atomic E-state index is 0.516. The smallest absolute Gasteiger partial charge is 0.129 e. The van der Waals surface area contributed by atoms with Gasteiger partial charge in [-0.2, -0.15) is 5.10 Å². The second-order valence-corrected chi connectivity index (χ2v) is 10.4. The van der Waals surface area contributed by atoms with Crippen LogP contribution in [-0.4, -0.2) is 40.9 Å². The van der Waals surface area contributed by atoms with Gasteiger partial charge in [0.1, 0.15) is 5.82 Å². The summed E-state index contributed by atoms with van der Waals surface area (Å²) < 4.78 is 5.37. The van der Waals surface area contributed by atoms with E-state index in [-0.39, 0.29) is 0 Å². The van der Waals surface area contributed by atoms with E-state index in [2.05, 4.69) is 51.9 Å². The zero-order valence-electron chi connectivity index (χ0n) is 19.5. The molecule has 0 saturated carbocycles. The zero-order chi connectivity index (χ0) is 23.5. The number of aryl methyl sites for hydroxylation is 1. The Morgan fingerprint density at radius 2 is 1.82 bits per heavy atom. The van der Waals surface area contributed by atoms with Gasteiger partial charge in [-0.1, -0.05) is 37.0 Å². The van der Waals surface area contributed by atoms with Gasteiger partial charge in [0.2, 0.25) is 0 Å². The van der Waals surface area contributed by atoms with Crippen LogP contribution in [0.3, 0.4) is 0 Å². The van der Waals surface area contributed by atoms with Crippen molar-refractivity contribution in [2.45, 2.75) is 32.1 Å². The largest absolute Gasteiger partial charge is 0.354 e.